The van der Waals surface area contributed by atoms with Gasteiger partial charge in [0.15, 0.2) is 0 Å². The first kappa shape index (κ1) is 18.5. The predicted octanol–water partition coefficient (Wildman–Crippen LogP) is 0.523. The third-order valence-corrected chi connectivity index (χ3v) is 5.15. The molecule has 0 radical (unpaired) electrons. The van der Waals surface area contributed by atoms with Gasteiger partial charge in [0.1, 0.15) is 5.82 Å². The van der Waals surface area contributed by atoms with Gasteiger partial charge in [-0.15, -0.1) is 0 Å². The molecule has 0 aromatic carbocycles. The highest BCUT2D eigenvalue weighted by molar-refractivity contribution is 5.76. The summed E-state index contributed by atoms with van der Waals surface area (Å²) in [6, 6.07) is -0.237. The van der Waals surface area contributed by atoms with Crippen molar-refractivity contribution < 1.29 is 14.7 Å². The van der Waals surface area contributed by atoms with Gasteiger partial charge < -0.3 is 15.3 Å². The Bertz CT molecular complexity index is 725. The average Bonchev–Trinajstić information content (AvgIpc) is 2.94. The van der Waals surface area contributed by atoms with Gasteiger partial charge >= 0.3 is 17.7 Å². The van der Waals surface area contributed by atoms with Crippen molar-refractivity contribution in [3.8, 4) is 0 Å². The molecule has 0 bridgehead atoms. The number of aryl methyl sites for hydroxylation is 2. The number of nitrogens with one attached hydrogen (secondary N) is 1. The molecule has 26 heavy (non-hydrogen) atoms. The number of aromatic nitrogens is 3. The molecule has 9 nitrogen and oxygen atoms in total. The van der Waals surface area contributed by atoms with Crippen molar-refractivity contribution in [1.29, 1.82) is 0 Å². The Morgan fingerprint density at radius 2 is 2.12 bits per heavy atom. The highest BCUT2D eigenvalue weighted by Crippen LogP contribution is 2.21. The molecule has 2 aliphatic rings. The van der Waals surface area contributed by atoms with Crippen LogP contribution < -0.4 is 11.0 Å². The molecule has 1 aromatic rings. The summed E-state index contributed by atoms with van der Waals surface area (Å²) in [7, 11) is 0. The van der Waals surface area contributed by atoms with Crippen LogP contribution in [0.5, 0.6) is 0 Å². The lowest BCUT2D eigenvalue weighted by Crippen LogP contribution is -2.49. The number of likely N-dealkylation sites (tertiary alicyclic amines) is 1. The van der Waals surface area contributed by atoms with Crippen molar-refractivity contribution in [2.75, 3.05) is 19.6 Å². The number of amides is 2. The van der Waals surface area contributed by atoms with Gasteiger partial charge in [-0.1, -0.05) is 6.92 Å². The van der Waals surface area contributed by atoms with E-state index in [0.29, 0.717) is 32.5 Å². The van der Waals surface area contributed by atoms with Gasteiger partial charge in [-0.05, 0) is 31.6 Å². The van der Waals surface area contributed by atoms with Crippen molar-refractivity contribution in [1.82, 2.24) is 24.6 Å². The van der Waals surface area contributed by atoms with Gasteiger partial charge in [-0.2, -0.15) is 5.10 Å². The van der Waals surface area contributed by atoms with Crippen LogP contribution in [0.15, 0.2) is 4.79 Å². The first-order chi connectivity index (χ1) is 12.5. The fourth-order valence-corrected chi connectivity index (χ4v) is 3.83. The summed E-state index contributed by atoms with van der Waals surface area (Å²) in [5.74, 6) is -0.323. The lowest BCUT2D eigenvalue weighted by atomic mass is 9.91. The van der Waals surface area contributed by atoms with Crippen LogP contribution in [0.25, 0.3) is 0 Å². The number of aliphatic carboxylic acids is 1. The number of carbonyl (C=O) groups is 2. The van der Waals surface area contributed by atoms with E-state index in [9.17, 15) is 19.5 Å². The van der Waals surface area contributed by atoms with Crippen molar-refractivity contribution in [3.05, 3.63) is 16.3 Å². The topological polar surface area (TPSA) is 109 Å². The van der Waals surface area contributed by atoms with Crippen LogP contribution in [-0.2, 0) is 24.3 Å². The quantitative estimate of drug-likeness (QED) is 0.740. The fourth-order valence-electron chi connectivity index (χ4n) is 3.83. The number of hydrogen-bond acceptors (Lipinski definition) is 4. The Kier molecular flexibility index (Phi) is 5.63. The summed E-state index contributed by atoms with van der Waals surface area (Å²) < 4.78 is 3.22. The molecule has 144 valence electrons. The largest absolute Gasteiger partial charge is 0.481 e. The zero-order chi connectivity index (χ0) is 18.7. The highest BCUT2D eigenvalue weighted by atomic mass is 16.4. The van der Waals surface area contributed by atoms with Crippen molar-refractivity contribution >= 4 is 12.0 Å². The summed E-state index contributed by atoms with van der Waals surface area (Å²) in [4.78, 5) is 37.3. The Labute approximate surface area is 152 Å². The van der Waals surface area contributed by atoms with Gasteiger partial charge in [-0.25, -0.2) is 14.3 Å². The van der Waals surface area contributed by atoms with Crippen LogP contribution in [0, 0.1) is 11.8 Å². The van der Waals surface area contributed by atoms with E-state index in [1.807, 2.05) is 6.92 Å². The van der Waals surface area contributed by atoms with Gasteiger partial charge in [-0.3, -0.25) is 9.36 Å². The summed E-state index contributed by atoms with van der Waals surface area (Å²) in [5.41, 5.74) is -0.0693. The van der Waals surface area contributed by atoms with E-state index in [2.05, 4.69) is 10.4 Å². The SMILES string of the molecule is CC1CC(C(=O)O)CN(C(=O)NCCCn2nc3n(c2=O)CCCC3)C1. The van der Waals surface area contributed by atoms with E-state index < -0.39 is 11.9 Å². The van der Waals surface area contributed by atoms with Crippen LogP contribution in [0.3, 0.4) is 0 Å². The Hall–Kier alpha value is -2.32. The van der Waals surface area contributed by atoms with Crippen LogP contribution in [0.2, 0.25) is 0 Å². The predicted molar refractivity (Wildman–Crippen MR) is 93.9 cm³/mol. The molecule has 3 heterocycles. The highest BCUT2D eigenvalue weighted by Gasteiger charge is 2.31. The van der Waals surface area contributed by atoms with Gasteiger partial charge in [0, 0.05) is 39.1 Å². The molecule has 1 fully saturated rings. The maximum atomic E-state index is 12.3. The molecule has 1 saturated heterocycles. The molecule has 2 N–H and O–H groups in total. The molecule has 2 atom stereocenters. The third-order valence-electron chi connectivity index (χ3n) is 5.15. The van der Waals surface area contributed by atoms with E-state index >= 15 is 0 Å². The molecule has 3 rings (SSSR count). The molecule has 0 spiro atoms. The standard InChI is InChI=1S/C17H27N5O4/c1-12-9-13(15(23)24)11-20(10-12)16(25)18-6-4-8-22-17(26)21-7-3-2-5-14(21)19-22/h12-13H,2-11H2,1H3,(H,18,25)(H,23,24). The molecule has 0 aliphatic carbocycles. The van der Waals surface area contributed by atoms with Crippen molar-refractivity contribution in [3.63, 3.8) is 0 Å². The average molecular weight is 365 g/mol. The molecule has 2 amide bonds. The molecular weight excluding hydrogens is 338 g/mol. The molecule has 2 aliphatic heterocycles. The number of carboxylic acid groups (broad SMARTS) is 1. The zero-order valence-electron chi connectivity index (χ0n) is 15.2. The minimum atomic E-state index is -0.850. The minimum Gasteiger partial charge on any atom is -0.481 e. The summed E-state index contributed by atoms with van der Waals surface area (Å²) >= 11 is 0. The first-order valence-electron chi connectivity index (χ1n) is 9.38. The van der Waals surface area contributed by atoms with Crippen LogP contribution in [0.1, 0.15) is 38.4 Å². The summed E-state index contributed by atoms with van der Waals surface area (Å²) in [6.07, 6.45) is 4.14. The molecule has 1 aromatic heterocycles. The Balaban J connectivity index is 1.46. The normalized spacial score (nSPS) is 22.7. The second-order valence-corrected chi connectivity index (χ2v) is 7.40. The maximum Gasteiger partial charge on any atom is 0.345 e. The molecule has 9 heteroatoms. The van der Waals surface area contributed by atoms with E-state index in [0.717, 1.165) is 31.6 Å². The van der Waals surface area contributed by atoms with Gasteiger partial charge in [0.2, 0.25) is 0 Å². The molecular formula is C17H27N5O4. The van der Waals surface area contributed by atoms with E-state index in [4.69, 9.17) is 0 Å². The fraction of sp³-hybridized carbons (Fsp3) is 0.765. The number of carbonyl (C=O) groups excluding carboxylic acids is 1. The smallest absolute Gasteiger partial charge is 0.345 e. The van der Waals surface area contributed by atoms with Crippen molar-refractivity contribution in [2.45, 2.75) is 52.1 Å². The number of hydrogen-bond donors (Lipinski definition) is 2. The van der Waals surface area contributed by atoms with Crippen LogP contribution in [0.4, 0.5) is 4.79 Å². The monoisotopic (exact) mass is 365 g/mol. The number of piperidine rings is 1. The second-order valence-electron chi connectivity index (χ2n) is 7.40. The number of nitrogens with zero attached hydrogens (tertiary/aromatic N) is 4. The zero-order valence-corrected chi connectivity index (χ0v) is 15.2. The lowest BCUT2D eigenvalue weighted by Gasteiger charge is -2.34. The Morgan fingerprint density at radius 3 is 2.85 bits per heavy atom. The number of carboxylic acids is 1. The van der Waals surface area contributed by atoms with Crippen LogP contribution >= 0.6 is 0 Å². The van der Waals surface area contributed by atoms with E-state index in [-0.39, 0.29) is 24.2 Å². The second kappa shape index (κ2) is 7.92. The number of rotatable bonds is 5. The number of urea groups is 1. The van der Waals surface area contributed by atoms with E-state index in [1.54, 1.807) is 9.47 Å². The number of fused-ring (bicyclic) bond motifs is 1. The van der Waals surface area contributed by atoms with Crippen molar-refractivity contribution in [2.24, 2.45) is 11.8 Å². The van der Waals surface area contributed by atoms with Gasteiger partial charge in [0.05, 0.1) is 5.92 Å². The van der Waals surface area contributed by atoms with Crippen LogP contribution in [-0.4, -0.2) is 56.0 Å². The minimum absolute atomic E-state index is 0.0693. The lowest BCUT2D eigenvalue weighted by molar-refractivity contribution is -0.143. The van der Waals surface area contributed by atoms with E-state index in [1.165, 1.54) is 4.68 Å². The molecule has 2 unspecified atom stereocenters. The third kappa shape index (κ3) is 4.08. The maximum absolute atomic E-state index is 12.3. The molecule has 0 saturated carbocycles. The Morgan fingerprint density at radius 1 is 1.31 bits per heavy atom. The summed E-state index contributed by atoms with van der Waals surface area (Å²) in [5, 5.41) is 16.4. The van der Waals surface area contributed by atoms with Gasteiger partial charge in [0.25, 0.3) is 0 Å². The summed E-state index contributed by atoms with van der Waals surface area (Å²) in [6.45, 7) is 4.41. The first-order valence-corrected chi connectivity index (χ1v) is 9.38.